The van der Waals surface area contributed by atoms with E-state index in [4.69, 9.17) is 0 Å². The molecule has 1 aliphatic heterocycles. The molecule has 0 saturated carbocycles. The molecular weight excluding hydrogens is 443 g/mol. The summed E-state index contributed by atoms with van der Waals surface area (Å²) < 4.78 is 14.4. The van der Waals surface area contributed by atoms with Crippen molar-refractivity contribution in [3.05, 3.63) is 105 Å². The van der Waals surface area contributed by atoms with Gasteiger partial charge in [0.15, 0.2) is 5.78 Å². The first-order valence-corrected chi connectivity index (χ1v) is 10.8. The van der Waals surface area contributed by atoms with Crippen LogP contribution in [-0.4, -0.2) is 5.78 Å². The molecule has 5 rings (SSSR count). The van der Waals surface area contributed by atoms with Crippen molar-refractivity contribution in [2.75, 3.05) is 10.6 Å². The van der Waals surface area contributed by atoms with Crippen molar-refractivity contribution in [1.82, 2.24) is 0 Å². The summed E-state index contributed by atoms with van der Waals surface area (Å²) in [6.07, 6.45) is 1.12. The molecule has 150 valence electrons. The van der Waals surface area contributed by atoms with Crippen LogP contribution in [0.2, 0.25) is 0 Å². The molecule has 0 radical (unpaired) electrons. The molecule has 1 aliphatic carbocycles. The standard InChI is InChI=1S/C25H20BrFN2O/c26-18-9-5-16(6-10-18)25-24-22(28-20-3-1-2-4-21(20)29-25)13-17(14-23(24)30)15-7-11-19(27)12-8-15/h1-12,17,25,28-29H,13-14H2. The molecule has 30 heavy (non-hydrogen) atoms. The Hall–Kier alpha value is -2.92. The summed E-state index contributed by atoms with van der Waals surface area (Å²) in [6.45, 7) is 0. The van der Waals surface area contributed by atoms with Crippen molar-refractivity contribution in [2.24, 2.45) is 0 Å². The fourth-order valence-corrected chi connectivity index (χ4v) is 4.63. The van der Waals surface area contributed by atoms with Gasteiger partial charge in [-0.1, -0.05) is 52.3 Å². The Morgan fingerprint density at radius 1 is 0.833 bits per heavy atom. The fourth-order valence-electron chi connectivity index (χ4n) is 4.37. The van der Waals surface area contributed by atoms with Crippen LogP contribution >= 0.6 is 15.9 Å². The van der Waals surface area contributed by atoms with Crippen molar-refractivity contribution in [3.8, 4) is 0 Å². The predicted octanol–water partition coefficient (Wildman–Crippen LogP) is 6.57. The SMILES string of the molecule is O=C1CC(c2ccc(F)cc2)CC2=C1C(c1ccc(Br)cc1)Nc1ccccc1N2. The van der Waals surface area contributed by atoms with Gasteiger partial charge in [0.25, 0.3) is 0 Å². The summed E-state index contributed by atoms with van der Waals surface area (Å²) in [6, 6.07) is 22.4. The number of hydrogen-bond donors (Lipinski definition) is 2. The topological polar surface area (TPSA) is 41.1 Å². The van der Waals surface area contributed by atoms with Gasteiger partial charge in [0.1, 0.15) is 5.82 Å². The van der Waals surface area contributed by atoms with E-state index in [0.29, 0.717) is 12.8 Å². The lowest BCUT2D eigenvalue weighted by Crippen LogP contribution is -2.26. The first kappa shape index (κ1) is 19.1. The number of Topliss-reactive ketones (excluding diaryl/α,β-unsaturated/α-hetero) is 1. The lowest BCUT2D eigenvalue weighted by molar-refractivity contribution is -0.116. The number of halogens is 2. The molecule has 2 unspecified atom stereocenters. The lowest BCUT2D eigenvalue weighted by Gasteiger charge is -2.30. The Morgan fingerprint density at radius 2 is 1.50 bits per heavy atom. The minimum absolute atomic E-state index is 0.0279. The van der Waals surface area contributed by atoms with E-state index in [0.717, 1.165) is 38.2 Å². The number of benzene rings is 3. The van der Waals surface area contributed by atoms with Crippen molar-refractivity contribution >= 4 is 33.1 Å². The average molecular weight is 463 g/mol. The summed E-state index contributed by atoms with van der Waals surface area (Å²) in [4.78, 5) is 13.4. The third-order valence-electron chi connectivity index (χ3n) is 5.85. The van der Waals surface area contributed by atoms with Crippen molar-refractivity contribution < 1.29 is 9.18 Å². The van der Waals surface area contributed by atoms with Gasteiger partial charge in [-0.3, -0.25) is 4.79 Å². The Bertz CT molecular complexity index is 1140. The lowest BCUT2D eigenvalue weighted by atomic mass is 9.78. The largest absolute Gasteiger partial charge is 0.372 e. The van der Waals surface area contributed by atoms with Crippen LogP contribution in [-0.2, 0) is 4.79 Å². The van der Waals surface area contributed by atoms with Gasteiger partial charge in [0, 0.05) is 22.2 Å². The minimum Gasteiger partial charge on any atom is -0.372 e. The maximum atomic E-state index is 13.4. The number of hydrogen-bond acceptors (Lipinski definition) is 3. The number of para-hydroxylation sites is 2. The summed E-state index contributed by atoms with van der Waals surface area (Å²) in [5.41, 5.74) is 5.67. The summed E-state index contributed by atoms with van der Waals surface area (Å²) >= 11 is 3.49. The van der Waals surface area contributed by atoms with E-state index < -0.39 is 0 Å². The fraction of sp³-hybridized carbons (Fsp3) is 0.160. The maximum Gasteiger partial charge on any atom is 0.163 e. The highest BCUT2D eigenvalue weighted by Gasteiger charge is 2.35. The highest BCUT2D eigenvalue weighted by Crippen LogP contribution is 2.44. The van der Waals surface area contributed by atoms with Crippen LogP contribution in [0.1, 0.15) is 35.9 Å². The predicted molar refractivity (Wildman–Crippen MR) is 121 cm³/mol. The second-order valence-electron chi connectivity index (χ2n) is 7.77. The van der Waals surface area contributed by atoms with E-state index in [2.05, 4.69) is 26.6 Å². The van der Waals surface area contributed by atoms with E-state index in [9.17, 15) is 9.18 Å². The molecule has 0 saturated heterocycles. The molecule has 2 aliphatic rings. The summed E-state index contributed by atoms with van der Waals surface area (Å²) in [7, 11) is 0. The Kier molecular flexibility index (Phi) is 4.91. The van der Waals surface area contributed by atoms with Gasteiger partial charge in [-0.2, -0.15) is 0 Å². The van der Waals surface area contributed by atoms with Crippen LogP contribution in [0.4, 0.5) is 15.8 Å². The van der Waals surface area contributed by atoms with E-state index in [-0.39, 0.29) is 23.6 Å². The van der Waals surface area contributed by atoms with Crippen LogP contribution < -0.4 is 10.6 Å². The number of carbonyl (C=O) groups is 1. The number of anilines is 2. The molecule has 3 aromatic carbocycles. The quantitative estimate of drug-likeness (QED) is 0.452. The van der Waals surface area contributed by atoms with Crippen LogP contribution in [0, 0.1) is 5.82 Å². The molecule has 2 N–H and O–H groups in total. The summed E-state index contributed by atoms with van der Waals surface area (Å²) in [5, 5.41) is 7.11. The van der Waals surface area contributed by atoms with Gasteiger partial charge >= 0.3 is 0 Å². The molecule has 0 amide bonds. The van der Waals surface area contributed by atoms with Crippen molar-refractivity contribution in [1.29, 1.82) is 0 Å². The molecule has 0 fully saturated rings. The zero-order valence-electron chi connectivity index (χ0n) is 16.2. The first-order valence-electron chi connectivity index (χ1n) is 9.98. The summed E-state index contributed by atoms with van der Waals surface area (Å²) in [5.74, 6) is -0.117. The number of rotatable bonds is 2. The number of allylic oxidation sites excluding steroid dienone is 1. The Balaban J connectivity index is 1.60. The maximum absolute atomic E-state index is 13.4. The Morgan fingerprint density at radius 3 is 2.23 bits per heavy atom. The number of carbonyl (C=O) groups excluding carboxylic acids is 1. The zero-order chi connectivity index (χ0) is 20.7. The van der Waals surface area contributed by atoms with Crippen molar-refractivity contribution in [3.63, 3.8) is 0 Å². The molecule has 5 heteroatoms. The molecule has 0 bridgehead atoms. The third kappa shape index (κ3) is 3.54. The van der Waals surface area contributed by atoms with Gasteiger partial charge in [-0.25, -0.2) is 4.39 Å². The van der Waals surface area contributed by atoms with Gasteiger partial charge in [-0.15, -0.1) is 0 Å². The van der Waals surface area contributed by atoms with Gasteiger partial charge in [-0.05, 0) is 59.9 Å². The van der Waals surface area contributed by atoms with Gasteiger partial charge in [0.2, 0.25) is 0 Å². The van der Waals surface area contributed by atoms with E-state index in [1.165, 1.54) is 12.1 Å². The number of nitrogens with one attached hydrogen (secondary N) is 2. The molecule has 1 heterocycles. The third-order valence-corrected chi connectivity index (χ3v) is 6.38. The van der Waals surface area contributed by atoms with E-state index in [1.54, 1.807) is 12.1 Å². The zero-order valence-corrected chi connectivity index (χ0v) is 17.7. The molecule has 2 atom stereocenters. The molecule has 0 aromatic heterocycles. The first-order chi connectivity index (χ1) is 14.6. The monoisotopic (exact) mass is 462 g/mol. The van der Waals surface area contributed by atoms with Gasteiger partial charge in [0.05, 0.1) is 17.4 Å². The van der Waals surface area contributed by atoms with Crippen LogP contribution in [0.5, 0.6) is 0 Å². The minimum atomic E-state index is -0.262. The van der Waals surface area contributed by atoms with Crippen LogP contribution in [0.25, 0.3) is 0 Å². The molecular formula is C25H20BrFN2O. The van der Waals surface area contributed by atoms with Crippen LogP contribution in [0.15, 0.2) is 88.5 Å². The molecule has 3 aromatic rings. The number of ketones is 1. The average Bonchev–Trinajstić information content (AvgIpc) is 2.91. The highest BCUT2D eigenvalue weighted by molar-refractivity contribution is 9.10. The molecule has 3 nitrogen and oxygen atoms in total. The van der Waals surface area contributed by atoms with Gasteiger partial charge < -0.3 is 10.6 Å². The van der Waals surface area contributed by atoms with E-state index >= 15 is 0 Å². The number of fused-ring (bicyclic) bond motifs is 1. The highest BCUT2D eigenvalue weighted by atomic mass is 79.9. The second-order valence-corrected chi connectivity index (χ2v) is 8.69. The smallest absolute Gasteiger partial charge is 0.163 e. The Labute approximate surface area is 183 Å². The normalized spacial score (nSPS) is 20.5. The molecule has 0 spiro atoms. The van der Waals surface area contributed by atoms with Crippen LogP contribution in [0.3, 0.4) is 0 Å². The van der Waals surface area contributed by atoms with E-state index in [1.807, 2.05) is 48.5 Å². The second kappa shape index (κ2) is 7.73. The van der Waals surface area contributed by atoms with Crippen molar-refractivity contribution in [2.45, 2.75) is 24.8 Å².